The average molecular weight is 403 g/mol. The van der Waals surface area contributed by atoms with Crippen LogP contribution in [0.4, 0.5) is 5.69 Å². The number of nitriles is 1. The van der Waals surface area contributed by atoms with E-state index in [9.17, 15) is 15.2 Å². The molecule has 7 heteroatoms. The summed E-state index contributed by atoms with van der Waals surface area (Å²) in [5.74, 6) is 0.532. The molecule has 0 fully saturated rings. The van der Waals surface area contributed by atoms with E-state index >= 15 is 0 Å². The quantitative estimate of drug-likeness (QED) is 0.451. The number of aromatic hydroxyl groups is 1. The minimum atomic E-state index is -0.560. The van der Waals surface area contributed by atoms with E-state index in [-0.39, 0.29) is 11.3 Å². The van der Waals surface area contributed by atoms with Crippen LogP contribution in [0.1, 0.15) is 5.56 Å². The van der Waals surface area contributed by atoms with Crippen LogP contribution in [0.15, 0.2) is 46.4 Å². The van der Waals surface area contributed by atoms with E-state index in [2.05, 4.69) is 21.2 Å². The largest absolute Gasteiger partial charge is 0.508 e. The number of hydrogen-bond acceptors (Lipinski definition) is 5. The second-order valence-corrected chi connectivity index (χ2v) is 5.75. The molecule has 6 nitrogen and oxygen atoms in total. The second kappa shape index (κ2) is 8.22. The van der Waals surface area contributed by atoms with Crippen LogP contribution in [0.25, 0.3) is 6.08 Å². The van der Waals surface area contributed by atoms with Crippen LogP contribution in [0, 0.1) is 11.3 Å². The Morgan fingerprint density at radius 2 is 1.80 bits per heavy atom. The Morgan fingerprint density at radius 3 is 2.36 bits per heavy atom. The van der Waals surface area contributed by atoms with Gasteiger partial charge in [-0.15, -0.1) is 0 Å². The standard InChI is InChI=1S/C18H15BrN2O4/c1-24-16-8-11(15(19)9-17(16)25-2)7-12(10-20)18(23)21-13-3-5-14(22)6-4-13/h3-9,22H,1-2H3,(H,21,23)/b12-7-. The van der Waals surface area contributed by atoms with Gasteiger partial charge in [0, 0.05) is 10.2 Å². The molecule has 2 rings (SSSR count). The van der Waals surface area contributed by atoms with Crippen LogP contribution in [0.5, 0.6) is 17.2 Å². The normalized spacial score (nSPS) is 10.7. The summed E-state index contributed by atoms with van der Waals surface area (Å²) in [6, 6.07) is 11.2. The van der Waals surface area contributed by atoms with Crippen molar-refractivity contribution in [1.82, 2.24) is 0 Å². The van der Waals surface area contributed by atoms with Gasteiger partial charge >= 0.3 is 0 Å². The minimum absolute atomic E-state index is 0.0824. The molecule has 0 saturated heterocycles. The lowest BCUT2D eigenvalue weighted by Crippen LogP contribution is -2.13. The van der Waals surface area contributed by atoms with Crippen molar-refractivity contribution in [2.24, 2.45) is 0 Å². The van der Waals surface area contributed by atoms with Crippen molar-refractivity contribution in [1.29, 1.82) is 5.26 Å². The predicted molar refractivity (Wildman–Crippen MR) is 97.6 cm³/mol. The third kappa shape index (κ3) is 4.52. The van der Waals surface area contributed by atoms with Crippen LogP contribution in [-0.2, 0) is 4.79 Å². The number of carbonyl (C=O) groups is 1. The lowest BCUT2D eigenvalue weighted by molar-refractivity contribution is -0.112. The van der Waals surface area contributed by atoms with Gasteiger partial charge in [0.1, 0.15) is 17.4 Å². The highest BCUT2D eigenvalue weighted by Gasteiger charge is 2.13. The SMILES string of the molecule is COc1cc(Br)c(/C=C(/C#N)C(=O)Nc2ccc(O)cc2)cc1OC. The number of methoxy groups -OCH3 is 2. The highest BCUT2D eigenvalue weighted by atomic mass is 79.9. The first-order chi connectivity index (χ1) is 12.0. The first kappa shape index (κ1) is 18.4. The topological polar surface area (TPSA) is 91.6 Å². The maximum Gasteiger partial charge on any atom is 0.266 e. The van der Waals surface area contributed by atoms with Crippen LogP contribution >= 0.6 is 15.9 Å². The fourth-order valence-corrected chi connectivity index (χ4v) is 2.46. The highest BCUT2D eigenvalue weighted by molar-refractivity contribution is 9.10. The summed E-state index contributed by atoms with van der Waals surface area (Å²) in [5, 5.41) is 21.2. The smallest absolute Gasteiger partial charge is 0.266 e. The number of halogens is 1. The highest BCUT2D eigenvalue weighted by Crippen LogP contribution is 2.34. The van der Waals surface area contributed by atoms with Crippen molar-refractivity contribution in [3.63, 3.8) is 0 Å². The molecular weight excluding hydrogens is 388 g/mol. The van der Waals surface area contributed by atoms with Crippen molar-refractivity contribution < 1.29 is 19.4 Å². The Labute approximate surface area is 153 Å². The van der Waals surface area contributed by atoms with Gasteiger partial charge in [-0.3, -0.25) is 4.79 Å². The number of nitrogens with one attached hydrogen (secondary N) is 1. The van der Waals surface area contributed by atoms with Crippen molar-refractivity contribution >= 4 is 33.6 Å². The molecule has 0 unspecified atom stereocenters. The molecule has 0 bridgehead atoms. The summed E-state index contributed by atoms with van der Waals surface area (Å²) in [4.78, 5) is 12.3. The molecule has 0 aliphatic rings. The Kier molecular flexibility index (Phi) is 6.03. The zero-order chi connectivity index (χ0) is 18.4. The lowest BCUT2D eigenvalue weighted by Gasteiger charge is -2.10. The zero-order valence-electron chi connectivity index (χ0n) is 13.5. The number of phenols is 1. The fraction of sp³-hybridized carbons (Fsp3) is 0.111. The molecule has 2 aromatic rings. The van der Waals surface area contributed by atoms with Crippen LogP contribution in [0.2, 0.25) is 0 Å². The molecule has 0 saturated carbocycles. The number of ether oxygens (including phenoxy) is 2. The van der Waals surface area contributed by atoms with E-state index in [0.717, 1.165) is 0 Å². The van der Waals surface area contributed by atoms with Crippen molar-refractivity contribution in [3.05, 3.63) is 52.0 Å². The molecule has 2 aromatic carbocycles. The number of benzene rings is 2. The molecular formula is C18H15BrN2O4. The van der Waals surface area contributed by atoms with Gasteiger partial charge in [0.2, 0.25) is 0 Å². The van der Waals surface area contributed by atoms with Gasteiger partial charge in [-0.05, 0) is 48.0 Å². The summed E-state index contributed by atoms with van der Waals surface area (Å²) >= 11 is 3.38. The van der Waals surface area contributed by atoms with E-state index in [1.165, 1.54) is 44.6 Å². The summed E-state index contributed by atoms with van der Waals surface area (Å²) in [5.41, 5.74) is 0.978. The van der Waals surface area contributed by atoms with Gasteiger partial charge in [0.15, 0.2) is 11.5 Å². The number of amides is 1. The Morgan fingerprint density at radius 1 is 1.20 bits per heavy atom. The molecule has 0 spiro atoms. The predicted octanol–water partition coefficient (Wildman–Crippen LogP) is 3.72. The molecule has 0 aliphatic heterocycles. The van der Waals surface area contributed by atoms with E-state index in [1.807, 2.05) is 6.07 Å². The Balaban J connectivity index is 2.32. The van der Waals surface area contributed by atoms with Crippen molar-refractivity contribution in [3.8, 4) is 23.3 Å². The molecule has 0 heterocycles. The summed E-state index contributed by atoms with van der Waals surface area (Å²) < 4.78 is 11.1. The molecule has 0 aromatic heterocycles. The third-order valence-corrected chi connectivity index (χ3v) is 3.98. The average Bonchev–Trinajstić information content (AvgIpc) is 2.62. The first-order valence-corrected chi connectivity index (χ1v) is 7.91. The van der Waals surface area contributed by atoms with Crippen LogP contribution in [0.3, 0.4) is 0 Å². The summed E-state index contributed by atoms with van der Waals surface area (Å²) in [6.07, 6.45) is 1.45. The van der Waals surface area contributed by atoms with Gasteiger partial charge in [-0.2, -0.15) is 5.26 Å². The van der Waals surface area contributed by atoms with Gasteiger partial charge in [0.05, 0.1) is 14.2 Å². The lowest BCUT2D eigenvalue weighted by atomic mass is 10.1. The molecule has 0 atom stereocenters. The monoisotopic (exact) mass is 402 g/mol. The third-order valence-electron chi connectivity index (χ3n) is 3.29. The molecule has 2 N–H and O–H groups in total. The molecule has 25 heavy (non-hydrogen) atoms. The van der Waals surface area contributed by atoms with Gasteiger partial charge in [0.25, 0.3) is 5.91 Å². The molecule has 1 amide bonds. The van der Waals surface area contributed by atoms with Crippen molar-refractivity contribution in [2.75, 3.05) is 19.5 Å². The first-order valence-electron chi connectivity index (χ1n) is 7.12. The number of carbonyl (C=O) groups excluding carboxylic acids is 1. The molecule has 0 aliphatic carbocycles. The van der Waals surface area contributed by atoms with Gasteiger partial charge < -0.3 is 19.9 Å². The molecule has 128 valence electrons. The summed E-state index contributed by atoms with van der Waals surface area (Å²) in [6.45, 7) is 0. The number of hydrogen-bond donors (Lipinski definition) is 2. The number of anilines is 1. The van der Waals surface area contributed by atoms with Crippen molar-refractivity contribution in [2.45, 2.75) is 0 Å². The number of phenolic OH excluding ortho intramolecular Hbond substituents is 1. The van der Waals surface area contributed by atoms with Crippen LogP contribution < -0.4 is 14.8 Å². The zero-order valence-corrected chi connectivity index (χ0v) is 15.1. The van der Waals surface area contributed by atoms with E-state index in [1.54, 1.807) is 12.1 Å². The maximum atomic E-state index is 12.3. The number of rotatable bonds is 5. The Bertz CT molecular complexity index is 855. The van der Waals surface area contributed by atoms with E-state index in [0.29, 0.717) is 27.2 Å². The number of nitrogens with zero attached hydrogens (tertiary/aromatic N) is 1. The fourth-order valence-electron chi connectivity index (χ4n) is 2.03. The minimum Gasteiger partial charge on any atom is -0.508 e. The summed E-state index contributed by atoms with van der Waals surface area (Å²) in [7, 11) is 3.02. The maximum absolute atomic E-state index is 12.3. The van der Waals surface area contributed by atoms with Gasteiger partial charge in [-0.25, -0.2) is 0 Å². The van der Waals surface area contributed by atoms with Crippen LogP contribution in [-0.4, -0.2) is 25.2 Å². The van der Waals surface area contributed by atoms with E-state index in [4.69, 9.17) is 9.47 Å². The Hall–Kier alpha value is -2.98. The second-order valence-electron chi connectivity index (χ2n) is 4.90. The van der Waals surface area contributed by atoms with Gasteiger partial charge in [-0.1, -0.05) is 15.9 Å². The van der Waals surface area contributed by atoms with E-state index < -0.39 is 5.91 Å². The molecule has 0 radical (unpaired) electrons.